The number of hydrogen-bond donors (Lipinski definition) is 1. The van der Waals surface area contributed by atoms with Crippen LogP contribution in [-0.4, -0.2) is 59.9 Å². The molecule has 2 aromatic carbocycles. The Morgan fingerprint density at radius 3 is 2.59 bits per heavy atom. The summed E-state index contributed by atoms with van der Waals surface area (Å²) in [5.41, 5.74) is 4.38. The number of aryl methyl sites for hydroxylation is 1. The molecule has 180 valence electrons. The van der Waals surface area contributed by atoms with Crippen molar-refractivity contribution < 1.29 is 19.1 Å². The normalized spacial score (nSPS) is 17.8. The van der Waals surface area contributed by atoms with Gasteiger partial charge in [-0.25, -0.2) is 0 Å². The highest BCUT2D eigenvalue weighted by Crippen LogP contribution is 2.20. The molecule has 2 aliphatic rings. The van der Waals surface area contributed by atoms with E-state index >= 15 is 0 Å². The van der Waals surface area contributed by atoms with Gasteiger partial charge in [-0.15, -0.1) is 0 Å². The number of anilines is 1. The number of likely N-dealkylation sites (tertiary alicyclic amines) is 1. The number of benzene rings is 2. The van der Waals surface area contributed by atoms with Gasteiger partial charge in [0.05, 0.1) is 6.10 Å². The van der Waals surface area contributed by atoms with E-state index in [1.165, 1.54) is 0 Å². The number of carbonyl (C=O) groups excluding carboxylic acids is 3. The predicted molar refractivity (Wildman–Crippen MR) is 131 cm³/mol. The van der Waals surface area contributed by atoms with E-state index < -0.39 is 0 Å². The van der Waals surface area contributed by atoms with Gasteiger partial charge in [-0.2, -0.15) is 0 Å². The molecule has 2 fully saturated rings. The topological polar surface area (TPSA) is 79.0 Å². The maximum atomic E-state index is 13.4. The molecule has 0 aromatic heterocycles. The van der Waals surface area contributed by atoms with Gasteiger partial charge < -0.3 is 19.9 Å². The first kappa shape index (κ1) is 24.0. The number of ether oxygens (including phenoxy) is 1. The Morgan fingerprint density at radius 2 is 1.91 bits per heavy atom. The smallest absolute Gasteiger partial charge is 0.254 e. The zero-order valence-electron chi connectivity index (χ0n) is 20.0. The van der Waals surface area contributed by atoms with Gasteiger partial charge in [0.15, 0.2) is 0 Å². The Balaban J connectivity index is 1.44. The second kappa shape index (κ2) is 10.8. The van der Waals surface area contributed by atoms with Gasteiger partial charge in [0.1, 0.15) is 6.54 Å². The summed E-state index contributed by atoms with van der Waals surface area (Å²) in [7, 11) is 0. The summed E-state index contributed by atoms with van der Waals surface area (Å²) in [6.07, 6.45) is 3.30. The minimum Gasteiger partial charge on any atom is -0.376 e. The van der Waals surface area contributed by atoms with Gasteiger partial charge in [0.25, 0.3) is 5.91 Å². The average Bonchev–Trinajstić information content (AvgIpc) is 3.48. The lowest BCUT2D eigenvalue weighted by Gasteiger charge is -2.25. The van der Waals surface area contributed by atoms with Gasteiger partial charge in [0.2, 0.25) is 11.8 Å². The summed E-state index contributed by atoms with van der Waals surface area (Å²) in [5.74, 6) is -0.252. The van der Waals surface area contributed by atoms with Crippen molar-refractivity contribution >= 4 is 23.4 Å². The summed E-state index contributed by atoms with van der Waals surface area (Å²) in [4.78, 5) is 41.6. The lowest BCUT2D eigenvalue weighted by Crippen LogP contribution is -2.42. The number of carbonyl (C=O) groups is 3. The first-order chi connectivity index (χ1) is 16.4. The summed E-state index contributed by atoms with van der Waals surface area (Å²) in [5, 5.41) is 2.96. The molecule has 2 saturated heterocycles. The molecule has 1 unspecified atom stereocenters. The Bertz CT molecular complexity index is 1040. The van der Waals surface area contributed by atoms with Gasteiger partial charge in [-0.3, -0.25) is 14.4 Å². The predicted octanol–water partition coefficient (Wildman–Crippen LogP) is 3.69. The standard InChI is InChI=1S/C27H33N3O4/c1-19-6-3-8-24(20(19)2)28-25(31)18-30(17-23-7-5-15-34-23)27(33)22-12-10-21(11-13-22)16-29-14-4-9-26(29)32/h3,6,8,10-13,23H,4-5,7,9,14-18H2,1-2H3,(H,28,31). The van der Waals surface area contributed by atoms with E-state index in [2.05, 4.69) is 5.32 Å². The van der Waals surface area contributed by atoms with Crippen molar-refractivity contribution in [2.45, 2.75) is 52.2 Å². The maximum absolute atomic E-state index is 13.4. The molecule has 0 aliphatic carbocycles. The van der Waals surface area contributed by atoms with Gasteiger partial charge in [-0.05, 0) is 68.0 Å². The quantitative estimate of drug-likeness (QED) is 0.648. The van der Waals surface area contributed by atoms with E-state index in [1.807, 2.05) is 49.1 Å². The fourth-order valence-corrected chi connectivity index (χ4v) is 4.53. The van der Waals surface area contributed by atoms with E-state index in [4.69, 9.17) is 4.74 Å². The van der Waals surface area contributed by atoms with Crippen molar-refractivity contribution in [3.8, 4) is 0 Å². The van der Waals surface area contributed by atoms with Crippen molar-refractivity contribution in [2.75, 3.05) is 31.6 Å². The number of nitrogens with zero attached hydrogens (tertiary/aromatic N) is 2. The minimum atomic E-state index is -0.232. The molecule has 0 saturated carbocycles. The van der Waals surface area contributed by atoms with E-state index in [0.29, 0.717) is 31.7 Å². The molecule has 7 heteroatoms. The highest BCUT2D eigenvalue weighted by Gasteiger charge is 2.26. The second-order valence-corrected chi connectivity index (χ2v) is 9.23. The highest BCUT2D eigenvalue weighted by atomic mass is 16.5. The summed E-state index contributed by atoms with van der Waals surface area (Å²) < 4.78 is 5.74. The summed E-state index contributed by atoms with van der Waals surface area (Å²) >= 11 is 0. The molecular formula is C27H33N3O4. The van der Waals surface area contributed by atoms with Crippen LogP contribution in [0.25, 0.3) is 0 Å². The fourth-order valence-electron chi connectivity index (χ4n) is 4.53. The van der Waals surface area contributed by atoms with Crippen LogP contribution in [-0.2, 0) is 20.9 Å². The van der Waals surface area contributed by atoms with Crippen molar-refractivity contribution in [2.24, 2.45) is 0 Å². The lowest BCUT2D eigenvalue weighted by molar-refractivity contribution is -0.128. The van der Waals surface area contributed by atoms with Crippen molar-refractivity contribution in [3.63, 3.8) is 0 Å². The maximum Gasteiger partial charge on any atom is 0.254 e. The van der Waals surface area contributed by atoms with Gasteiger partial charge >= 0.3 is 0 Å². The van der Waals surface area contributed by atoms with Crippen molar-refractivity contribution in [1.29, 1.82) is 0 Å². The zero-order valence-corrected chi connectivity index (χ0v) is 20.0. The lowest BCUT2D eigenvalue weighted by atomic mass is 10.1. The monoisotopic (exact) mass is 463 g/mol. The molecule has 1 N–H and O–H groups in total. The molecule has 0 radical (unpaired) electrons. The SMILES string of the molecule is Cc1cccc(NC(=O)CN(CC2CCCO2)C(=O)c2ccc(CN3CCCC3=O)cc2)c1C. The third-order valence-corrected chi connectivity index (χ3v) is 6.69. The van der Waals surface area contributed by atoms with Crippen LogP contribution in [0.4, 0.5) is 5.69 Å². The third-order valence-electron chi connectivity index (χ3n) is 6.69. The van der Waals surface area contributed by atoms with Crippen LogP contribution < -0.4 is 5.32 Å². The van der Waals surface area contributed by atoms with E-state index in [-0.39, 0.29) is 30.4 Å². The van der Waals surface area contributed by atoms with Gasteiger partial charge in [-0.1, -0.05) is 24.3 Å². The Hall–Kier alpha value is -3.19. The minimum absolute atomic E-state index is 0.0455. The molecular weight excluding hydrogens is 430 g/mol. The largest absolute Gasteiger partial charge is 0.376 e. The van der Waals surface area contributed by atoms with E-state index in [9.17, 15) is 14.4 Å². The molecule has 0 bridgehead atoms. The molecule has 2 heterocycles. The molecule has 34 heavy (non-hydrogen) atoms. The second-order valence-electron chi connectivity index (χ2n) is 9.23. The summed E-state index contributed by atoms with van der Waals surface area (Å²) in [6.45, 7) is 6.33. The molecule has 0 spiro atoms. The molecule has 3 amide bonds. The molecule has 2 aromatic rings. The zero-order chi connectivity index (χ0) is 24.1. The van der Waals surface area contributed by atoms with E-state index in [0.717, 1.165) is 48.2 Å². The summed E-state index contributed by atoms with van der Waals surface area (Å²) in [6, 6.07) is 13.1. The number of rotatable bonds is 8. The fraction of sp³-hybridized carbons (Fsp3) is 0.444. The van der Waals surface area contributed by atoms with Gasteiger partial charge in [0, 0.05) is 43.9 Å². The Labute approximate surface area is 201 Å². The van der Waals surface area contributed by atoms with Crippen LogP contribution in [0.1, 0.15) is 52.7 Å². The third kappa shape index (κ3) is 5.83. The number of hydrogen-bond acceptors (Lipinski definition) is 4. The van der Waals surface area contributed by atoms with Crippen LogP contribution in [0.2, 0.25) is 0 Å². The van der Waals surface area contributed by atoms with Crippen LogP contribution >= 0.6 is 0 Å². The van der Waals surface area contributed by atoms with Crippen molar-refractivity contribution in [1.82, 2.24) is 9.80 Å². The number of amides is 3. The first-order valence-electron chi connectivity index (χ1n) is 12.0. The molecule has 2 aliphatic heterocycles. The van der Waals surface area contributed by atoms with Crippen LogP contribution in [0.3, 0.4) is 0 Å². The molecule has 1 atom stereocenters. The van der Waals surface area contributed by atoms with E-state index in [1.54, 1.807) is 17.0 Å². The molecule has 4 rings (SSSR count). The van der Waals surface area contributed by atoms with Crippen LogP contribution in [0.15, 0.2) is 42.5 Å². The first-order valence-corrected chi connectivity index (χ1v) is 12.0. The Morgan fingerprint density at radius 1 is 1.12 bits per heavy atom. The molecule has 7 nitrogen and oxygen atoms in total. The number of nitrogens with one attached hydrogen (secondary N) is 1. The van der Waals surface area contributed by atoms with Crippen LogP contribution in [0.5, 0.6) is 0 Å². The Kier molecular flexibility index (Phi) is 7.63. The van der Waals surface area contributed by atoms with Crippen LogP contribution in [0, 0.1) is 13.8 Å². The average molecular weight is 464 g/mol. The highest BCUT2D eigenvalue weighted by molar-refractivity contribution is 5.99. The van der Waals surface area contributed by atoms with Crippen molar-refractivity contribution in [3.05, 3.63) is 64.7 Å².